The molecule has 1 fully saturated rings. The van der Waals surface area contributed by atoms with Gasteiger partial charge in [-0.2, -0.15) is 0 Å². The van der Waals surface area contributed by atoms with Crippen molar-refractivity contribution in [3.63, 3.8) is 0 Å². The van der Waals surface area contributed by atoms with Crippen LogP contribution < -0.4 is 0 Å². The second-order valence-corrected chi connectivity index (χ2v) is 6.25. The summed E-state index contributed by atoms with van der Waals surface area (Å²) in [5.41, 5.74) is 1.99. The fourth-order valence-electron chi connectivity index (χ4n) is 3.14. The average molecular weight is 323 g/mol. The number of nitrogens with zero attached hydrogens (tertiary/aromatic N) is 1. The van der Waals surface area contributed by atoms with Gasteiger partial charge in [-0.1, -0.05) is 67.6 Å². The summed E-state index contributed by atoms with van der Waals surface area (Å²) >= 11 is 0. The van der Waals surface area contributed by atoms with E-state index in [1.807, 2.05) is 74.5 Å². The molecule has 1 aliphatic rings. The molecule has 3 atom stereocenters. The van der Waals surface area contributed by atoms with E-state index in [4.69, 9.17) is 4.74 Å². The largest absolute Gasteiger partial charge is 0.439 e. The molecule has 0 aromatic heterocycles. The molecule has 4 nitrogen and oxygen atoms in total. The topological polar surface area (TPSA) is 46.6 Å². The van der Waals surface area contributed by atoms with Gasteiger partial charge in [0.2, 0.25) is 5.91 Å². The molecule has 2 amide bonds. The van der Waals surface area contributed by atoms with Crippen molar-refractivity contribution < 1.29 is 14.3 Å². The van der Waals surface area contributed by atoms with Crippen LogP contribution in [0.5, 0.6) is 0 Å². The van der Waals surface area contributed by atoms with Gasteiger partial charge in [-0.15, -0.1) is 0 Å². The molecule has 0 radical (unpaired) electrons. The fourth-order valence-corrected chi connectivity index (χ4v) is 3.14. The van der Waals surface area contributed by atoms with Gasteiger partial charge in [-0.25, -0.2) is 9.69 Å². The highest BCUT2D eigenvalue weighted by molar-refractivity contribution is 5.95. The highest BCUT2D eigenvalue weighted by atomic mass is 16.6. The summed E-state index contributed by atoms with van der Waals surface area (Å²) in [4.78, 5) is 26.3. The maximum atomic E-state index is 12.8. The predicted octanol–water partition coefficient (Wildman–Crippen LogP) is 3.97. The lowest BCUT2D eigenvalue weighted by molar-refractivity contribution is -0.132. The first-order chi connectivity index (χ1) is 11.6. The third kappa shape index (κ3) is 3.18. The van der Waals surface area contributed by atoms with Crippen molar-refractivity contribution in [1.29, 1.82) is 0 Å². The Labute approximate surface area is 142 Å². The van der Waals surface area contributed by atoms with E-state index < -0.39 is 12.2 Å². The van der Waals surface area contributed by atoms with E-state index in [0.29, 0.717) is 6.42 Å². The molecule has 1 aliphatic heterocycles. The van der Waals surface area contributed by atoms with E-state index in [-0.39, 0.29) is 17.9 Å². The van der Waals surface area contributed by atoms with E-state index in [9.17, 15) is 9.59 Å². The van der Waals surface area contributed by atoms with Crippen LogP contribution in [-0.4, -0.2) is 22.9 Å². The monoisotopic (exact) mass is 323 g/mol. The zero-order valence-electron chi connectivity index (χ0n) is 13.9. The number of cyclic esters (lactones) is 1. The van der Waals surface area contributed by atoms with E-state index in [1.54, 1.807) is 0 Å². The van der Waals surface area contributed by atoms with E-state index in [0.717, 1.165) is 11.1 Å². The van der Waals surface area contributed by atoms with Gasteiger partial charge in [0.15, 0.2) is 0 Å². The first-order valence-electron chi connectivity index (χ1n) is 8.20. The molecular weight excluding hydrogens is 302 g/mol. The zero-order valence-corrected chi connectivity index (χ0v) is 13.9. The summed E-state index contributed by atoms with van der Waals surface area (Å²) in [5.74, 6) is -0.466. The molecule has 3 rings (SSSR count). The smallest absolute Gasteiger partial charge is 0.417 e. The lowest BCUT2D eigenvalue weighted by Crippen LogP contribution is -2.41. The van der Waals surface area contributed by atoms with E-state index in [2.05, 4.69) is 0 Å². The minimum Gasteiger partial charge on any atom is -0.439 e. The number of imide groups is 1. The molecule has 0 aliphatic carbocycles. The van der Waals surface area contributed by atoms with Crippen molar-refractivity contribution in [1.82, 2.24) is 4.90 Å². The summed E-state index contributed by atoms with van der Waals surface area (Å²) < 4.78 is 5.46. The van der Waals surface area contributed by atoms with Crippen molar-refractivity contribution in [2.45, 2.75) is 32.4 Å². The molecule has 24 heavy (non-hydrogen) atoms. The SMILES string of the molecule is C[C@H](Cc1ccccc1)C(=O)N1C(=O)O[C@@H](c2ccccc2)[C@H]1C. The summed E-state index contributed by atoms with van der Waals surface area (Å²) in [6.45, 7) is 3.71. The Morgan fingerprint density at radius 2 is 1.67 bits per heavy atom. The minimum absolute atomic E-state index is 0.185. The number of carbonyl (C=O) groups is 2. The van der Waals surface area contributed by atoms with E-state index in [1.165, 1.54) is 4.90 Å². The number of hydrogen-bond acceptors (Lipinski definition) is 3. The van der Waals surface area contributed by atoms with Crippen LogP contribution in [0.15, 0.2) is 60.7 Å². The Morgan fingerprint density at radius 3 is 2.29 bits per heavy atom. The van der Waals surface area contributed by atoms with Gasteiger partial charge in [-0.05, 0) is 24.5 Å². The maximum Gasteiger partial charge on any atom is 0.417 e. The molecule has 1 heterocycles. The van der Waals surface area contributed by atoms with Crippen LogP contribution >= 0.6 is 0 Å². The third-order valence-electron chi connectivity index (χ3n) is 4.44. The molecule has 2 aromatic carbocycles. The van der Waals surface area contributed by atoms with Crippen molar-refractivity contribution in [2.75, 3.05) is 0 Å². The molecule has 124 valence electrons. The first kappa shape index (κ1) is 16.2. The number of amides is 2. The van der Waals surface area contributed by atoms with Crippen molar-refractivity contribution >= 4 is 12.0 Å². The fraction of sp³-hybridized carbons (Fsp3) is 0.300. The van der Waals surface area contributed by atoms with Gasteiger partial charge in [-0.3, -0.25) is 4.79 Å². The maximum absolute atomic E-state index is 12.8. The average Bonchev–Trinajstić information content (AvgIpc) is 2.90. The van der Waals surface area contributed by atoms with Crippen LogP contribution in [0, 0.1) is 5.92 Å². The van der Waals surface area contributed by atoms with Crippen LogP contribution in [-0.2, 0) is 16.0 Å². The normalized spacial score (nSPS) is 21.4. The highest BCUT2D eigenvalue weighted by Crippen LogP contribution is 2.33. The first-order valence-corrected chi connectivity index (χ1v) is 8.20. The Hall–Kier alpha value is -2.62. The number of carbonyl (C=O) groups excluding carboxylic acids is 2. The predicted molar refractivity (Wildman–Crippen MR) is 91.3 cm³/mol. The standard InChI is InChI=1S/C20H21NO3/c1-14(13-16-9-5-3-6-10-16)19(22)21-15(2)18(24-20(21)23)17-11-7-4-8-12-17/h3-12,14-15,18H,13H2,1-2H3/t14-,15-,18-/m1/s1. The Morgan fingerprint density at radius 1 is 1.08 bits per heavy atom. The summed E-state index contributed by atoms with van der Waals surface area (Å²) in [5, 5.41) is 0. The number of hydrogen-bond donors (Lipinski definition) is 0. The molecule has 1 saturated heterocycles. The lowest BCUT2D eigenvalue weighted by Gasteiger charge is -2.22. The number of rotatable bonds is 4. The second-order valence-electron chi connectivity index (χ2n) is 6.25. The molecule has 0 bridgehead atoms. The molecule has 0 spiro atoms. The lowest BCUT2D eigenvalue weighted by atomic mass is 9.98. The third-order valence-corrected chi connectivity index (χ3v) is 4.44. The Balaban J connectivity index is 1.74. The van der Waals surface area contributed by atoms with Gasteiger partial charge in [0.05, 0.1) is 6.04 Å². The summed E-state index contributed by atoms with van der Waals surface area (Å²) in [6, 6.07) is 19.0. The molecular formula is C20H21NO3. The molecule has 0 unspecified atom stereocenters. The Kier molecular flexibility index (Phi) is 4.65. The molecule has 0 N–H and O–H groups in total. The van der Waals surface area contributed by atoms with Crippen molar-refractivity contribution in [3.05, 3.63) is 71.8 Å². The van der Waals surface area contributed by atoms with Crippen LogP contribution in [0.3, 0.4) is 0 Å². The minimum atomic E-state index is -0.554. The Bertz CT molecular complexity index is 714. The van der Waals surface area contributed by atoms with Crippen LogP contribution in [0.4, 0.5) is 4.79 Å². The van der Waals surface area contributed by atoms with E-state index >= 15 is 0 Å². The zero-order chi connectivity index (χ0) is 17.1. The van der Waals surface area contributed by atoms with Gasteiger partial charge >= 0.3 is 6.09 Å². The van der Waals surface area contributed by atoms with Gasteiger partial charge in [0.1, 0.15) is 6.10 Å². The summed E-state index contributed by atoms with van der Waals surface area (Å²) in [6.07, 6.45) is -0.362. The number of ether oxygens (including phenoxy) is 1. The summed E-state index contributed by atoms with van der Waals surface area (Å²) in [7, 11) is 0. The van der Waals surface area contributed by atoms with Crippen molar-refractivity contribution in [2.24, 2.45) is 5.92 Å². The molecule has 4 heteroatoms. The molecule has 2 aromatic rings. The van der Waals surface area contributed by atoms with Gasteiger partial charge < -0.3 is 4.74 Å². The number of benzene rings is 2. The van der Waals surface area contributed by atoms with Crippen molar-refractivity contribution in [3.8, 4) is 0 Å². The van der Waals surface area contributed by atoms with Crippen LogP contribution in [0.25, 0.3) is 0 Å². The van der Waals surface area contributed by atoms with Crippen LogP contribution in [0.1, 0.15) is 31.1 Å². The van der Waals surface area contributed by atoms with Gasteiger partial charge in [0.25, 0.3) is 0 Å². The quantitative estimate of drug-likeness (QED) is 0.855. The second kappa shape index (κ2) is 6.87. The van der Waals surface area contributed by atoms with Crippen LogP contribution in [0.2, 0.25) is 0 Å². The molecule has 0 saturated carbocycles. The van der Waals surface area contributed by atoms with Gasteiger partial charge in [0, 0.05) is 5.92 Å². The highest BCUT2D eigenvalue weighted by Gasteiger charge is 2.44.